The maximum Gasteiger partial charge on any atom is 0.353 e. The molecule has 0 spiro atoms. The number of hydrogen-bond acceptors (Lipinski definition) is 6. The standard InChI is InChI=1S/C14H18N2O6S/c1-7(22-6-17)11-9-5-10(23-4-3-15-8(2)18)12(14(20)21)16(9)13(11)19/h6-7,9,11H,3-5H2,1-2H3,(H,15,18)(H,20,21)/t7-,9-,11-/m1/s1. The van der Waals surface area contributed by atoms with Gasteiger partial charge in [-0.15, -0.1) is 11.8 Å². The number of nitrogens with zero attached hydrogens (tertiary/aromatic N) is 1. The number of hydrogen-bond donors (Lipinski definition) is 2. The number of thioether (sulfide) groups is 1. The van der Waals surface area contributed by atoms with Crippen molar-refractivity contribution in [3.05, 3.63) is 10.6 Å². The van der Waals surface area contributed by atoms with Crippen molar-refractivity contribution < 1.29 is 29.0 Å². The van der Waals surface area contributed by atoms with E-state index < -0.39 is 18.0 Å². The van der Waals surface area contributed by atoms with Crippen molar-refractivity contribution in [3.63, 3.8) is 0 Å². The van der Waals surface area contributed by atoms with Crippen LogP contribution >= 0.6 is 11.8 Å². The SMILES string of the molecule is CC(=O)NCCSC1=C(C(=O)O)N2C(=O)[C@H]([C@@H](C)OC=O)[C@H]2C1. The van der Waals surface area contributed by atoms with Crippen LogP contribution in [-0.4, -0.2) is 58.7 Å². The maximum atomic E-state index is 12.2. The van der Waals surface area contributed by atoms with Gasteiger partial charge in [-0.2, -0.15) is 0 Å². The Labute approximate surface area is 137 Å². The minimum absolute atomic E-state index is 0.00220. The molecule has 0 bridgehead atoms. The van der Waals surface area contributed by atoms with Gasteiger partial charge in [0.25, 0.3) is 6.47 Å². The molecule has 126 valence electrons. The first-order valence-electron chi connectivity index (χ1n) is 7.14. The van der Waals surface area contributed by atoms with Crippen LogP contribution in [0.25, 0.3) is 0 Å². The zero-order valence-corrected chi connectivity index (χ0v) is 13.6. The fourth-order valence-corrected chi connectivity index (χ4v) is 3.98. The second-order valence-electron chi connectivity index (χ2n) is 5.35. The number of ether oxygens (including phenoxy) is 1. The van der Waals surface area contributed by atoms with Crippen molar-refractivity contribution in [1.82, 2.24) is 10.2 Å². The molecular formula is C14H18N2O6S. The molecule has 2 N–H and O–H groups in total. The number of aliphatic carboxylic acids is 1. The van der Waals surface area contributed by atoms with Gasteiger partial charge in [0.05, 0.1) is 12.0 Å². The number of amides is 2. The van der Waals surface area contributed by atoms with Gasteiger partial charge in [-0.1, -0.05) is 0 Å². The number of rotatable bonds is 8. The molecule has 0 aromatic rings. The molecule has 2 aliphatic rings. The molecule has 0 saturated carbocycles. The zero-order valence-electron chi connectivity index (χ0n) is 12.8. The Balaban J connectivity index is 2.05. The summed E-state index contributed by atoms with van der Waals surface area (Å²) < 4.78 is 4.83. The molecule has 0 aromatic carbocycles. The second kappa shape index (κ2) is 7.03. The van der Waals surface area contributed by atoms with E-state index in [-0.39, 0.29) is 23.6 Å². The normalized spacial score (nSPS) is 23.9. The molecule has 8 nitrogen and oxygen atoms in total. The highest BCUT2D eigenvalue weighted by Crippen LogP contribution is 2.47. The molecule has 3 atom stereocenters. The summed E-state index contributed by atoms with van der Waals surface area (Å²) in [5, 5.41) is 12.0. The minimum atomic E-state index is -1.15. The lowest BCUT2D eigenvalue weighted by molar-refractivity contribution is -0.165. The van der Waals surface area contributed by atoms with Crippen molar-refractivity contribution in [3.8, 4) is 0 Å². The van der Waals surface area contributed by atoms with E-state index in [1.165, 1.54) is 23.6 Å². The lowest BCUT2D eigenvalue weighted by Crippen LogP contribution is -2.62. The average Bonchev–Trinajstić information content (AvgIpc) is 2.78. The molecule has 23 heavy (non-hydrogen) atoms. The van der Waals surface area contributed by atoms with Crippen molar-refractivity contribution in [2.45, 2.75) is 32.4 Å². The molecule has 1 fully saturated rings. The van der Waals surface area contributed by atoms with Gasteiger partial charge in [-0.25, -0.2) is 4.79 Å². The van der Waals surface area contributed by atoms with Crippen LogP contribution in [0.15, 0.2) is 10.6 Å². The summed E-state index contributed by atoms with van der Waals surface area (Å²) in [6.45, 7) is 3.75. The van der Waals surface area contributed by atoms with Crippen molar-refractivity contribution in [1.29, 1.82) is 0 Å². The van der Waals surface area contributed by atoms with Gasteiger partial charge in [0, 0.05) is 30.5 Å². The van der Waals surface area contributed by atoms with Gasteiger partial charge in [0.2, 0.25) is 11.8 Å². The summed E-state index contributed by atoms with van der Waals surface area (Å²) >= 11 is 1.32. The highest BCUT2D eigenvalue weighted by molar-refractivity contribution is 8.03. The molecule has 9 heteroatoms. The highest BCUT2D eigenvalue weighted by atomic mass is 32.2. The predicted molar refractivity (Wildman–Crippen MR) is 81.2 cm³/mol. The molecule has 2 heterocycles. The van der Waals surface area contributed by atoms with Crippen LogP contribution in [-0.2, 0) is 23.9 Å². The van der Waals surface area contributed by atoms with Crippen LogP contribution in [0.1, 0.15) is 20.3 Å². The molecule has 1 saturated heterocycles. The first-order valence-corrected chi connectivity index (χ1v) is 8.12. The van der Waals surface area contributed by atoms with Gasteiger partial charge >= 0.3 is 5.97 Å². The lowest BCUT2D eigenvalue weighted by Gasteiger charge is -2.45. The monoisotopic (exact) mass is 342 g/mol. The first-order chi connectivity index (χ1) is 10.9. The van der Waals surface area contributed by atoms with E-state index in [9.17, 15) is 24.3 Å². The number of carbonyl (C=O) groups is 4. The summed E-state index contributed by atoms with van der Waals surface area (Å²) in [4.78, 5) is 46.8. The molecule has 0 aliphatic carbocycles. The summed E-state index contributed by atoms with van der Waals surface area (Å²) in [7, 11) is 0. The van der Waals surface area contributed by atoms with Gasteiger partial charge in [0.1, 0.15) is 11.8 Å². The predicted octanol–water partition coefficient (Wildman–Crippen LogP) is -0.0559. The van der Waals surface area contributed by atoms with E-state index in [1.807, 2.05) is 0 Å². The van der Waals surface area contributed by atoms with Crippen LogP contribution in [0.2, 0.25) is 0 Å². The van der Waals surface area contributed by atoms with E-state index in [2.05, 4.69) is 5.32 Å². The topological polar surface area (TPSA) is 113 Å². The largest absolute Gasteiger partial charge is 0.477 e. The number of carboxylic acid groups (broad SMARTS) is 1. The molecule has 2 amide bonds. The second-order valence-corrected chi connectivity index (χ2v) is 6.54. The van der Waals surface area contributed by atoms with Crippen molar-refractivity contribution >= 4 is 36.0 Å². The van der Waals surface area contributed by atoms with Gasteiger partial charge in [0.15, 0.2) is 0 Å². The average molecular weight is 342 g/mol. The van der Waals surface area contributed by atoms with E-state index in [1.54, 1.807) is 6.92 Å². The lowest BCUT2D eigenvalue weighted by atomic mass is 9.83. The third kappa shape index (κ3) is 3.34. The van der Waals surface area contributed by atoms with E-state index >= 15 is 0 Å². The van der Waals surface area contributed by atoms with Crippen LogP contribution in [0.3, 0.4) is 0 Å². The highest BCUT2D eigenvalue weighted by Gasteiger charge is 2.57. The quantitative estimate of drug-likeness (QED) is 0.361. The number of carboxylic acids is 1. The number of nitrogens with one attached hydrogen (secondary N) is 1. The first kappa shape index (κ1) is 17.3. The Hall–Kier alpha value is -2.03. The number of carbonyl (C=O) groups excluding carboxylic acids is 3. The Morgan fingerprint density at radius 3 is 2.83 bits per heavy atom. The molecule has 0 aromatic heterocycles. The smallest absolute Gasteiger partial charge is 0.353 e. The molecule has 2 aliphatic heterocycles. The molecule has 2 rings (SSSR count). The third-order valence-electron chi connectivity index (χ3n) is 3.90. The van der Waals surface area contributed by atoms with Crippen molar-refractivity contribution in [2.75, 3.05) is 12.3 Å². The Kier molecular flexibility index (Phi) is 5.30. The van der Waals surface area contributed by atoms with E-state index in [0.717, 1.165) is 0 Å². The van der Waals surface area contributed by atoms with Gasteiger partial charge in [-0.05, 0) is 6.92 Å². The van der Waals surface area contributed by atoms with Crippen LogP contribution in [0.4, 0.5) is 0 Å². The maximum absolute atomic E-state index is 12.2. The fraction of sp³-hybridized carbons (Fsp3) is 0.571. The Bertz CT molecular complexity index is 576. The van der Waals surface area contributed by atoms with Crippen LogP contribution < -0.4 is 5.32 Å². The minimum Gasteiger partial charge on any atom is -0.477 e. The van der Waals surface area contributed by atoms with Gasteiger partial charge in [-0.3, -0.25) is 14.4 Å². The fourth-order valence-electron chi connectivity index (χ4n) is 2.92. The third-order valence-corrected chi connectivity index (χ3v) is 5.02. The van der Waals surface area contributed by atoms with Crippen molar-refractivity contribution in [2.24, 2.45) is 5.92 Å². The summed E-state index contributed by atoms with van der Waals surface area (Å²) in [5.74, 6) is -1.62. The summed E-state index contributed by atoms with van der Waals surface area (Å²) in [6, 6.07) is -0.285. The molecular weight excluding hydrogens is 324 g/mol. The number of β-lactam (4-membered cyclic amide) rings is 1. The summed E-state index contributed by atoms with van der Waals surface area (Å²) in [5.41, 5.74) is 0.00220. The number of fused-ring (bicyclic) bond motifs is 1. The molecule has 0 radical (unpaired) electrons. The Morgan fingerprint density at radius 1 is 1.57 bits per heavy atom. The van der Waals surface area contributed by atoms with Crippen LogP contribution in [0.5, 0.6) is 0 Å². The Morgan fingerprint density at radius 2 is 2.26 bits per heavy atom. The van der Waals surface area contributed by atoms with E-state index in [4.69, 9.17) is 4.74 Å². The summed E-state index contributed by atoms with van der Waals surface area (Å²) in [6.07, 6.45) is -0.157. The zero-order chi connectivity index (χ0) is 17.1. The van der Waals surface area contributed by atoms with Gasteiger partial charge < -0.3 is 20.1 Å². The van der Waals surface area contributed by atoms with E-state index in [0.29, 0.717) is 30.1 Å². The molecule has 0 unspecified atom stereocenters. The van der Waals surface area contributed by atoms with Crippen LogP contribution in [0, 0.1) is 5.92 Å².